The highest BCUT2D eigenvalue weighted by molar-refractivity contribution is 5.99. The summed E-state index contributed by atoms with van der Waals surface area (Å²) in [5.41, 5.74) is 6.49. The Balaban J connectivity index is 2.45. The number of ether oxygens (including phenoxy) is 1. The molecule has 0 heterocycles. The fourth-order valence-electron chi connectivity index (χ4n) is 1.61. The van der Waals surface area contributed by atoms with E-state index in [4.69, 9.17) is 10.5 Å². The van der Waals surface area contributed by atoms with E-state index in [0.717, 1.165) is 6.42 Å². The summed E-state index contributed by atoms with van der Waals surface area (Å²) < 4.78 is 5.02. The van der Waals surface area contributed by atoms with E-state index in [1.165, 1.54) is 7.11 Å². The summed E-state index contributed by atoms with van der Waals surface area (Å²) in [5, 5.41) is 5.40. The maximum atomic E-state index is 11.9. The summed E-state index contributed by atoms with van der Waals surface area (Å²) in [6, 6.07) is 4.85. The van der Waals surface area contributed by atoms with Crippen LogP contribution in [-0.4, -0.2) is 32.0 Å². The van der Waals surface area contributed by atoms with Crippen LogP contribution in [0.5, 0.6) is 5.75 Å². The number of carbonyl (C=O) groups is 2. The molecule has 0 aliphatic rings. The van der Waals surface area contributed by atoms with Gasteiger partial charge in [-0.25, -0.2) is 0 Å². The van der Waals surface area contributed by atoms with E-state index in [9.17, 15) is 9.59 Å². The third-order valence-electron chi connectivity index (χ3n) is 2.71. The van der Waals surface area contributed by atoms with Gasteiger partial charge in [0.2, 0.25) is 5.91 Å². The van der Waals surface area contributed by atoms with Crippen molar-refractivity contribution in [2.45, 2.75) is 19.8 Å². The molecule has 0 unspecified atom stereocenters. The molecule has 4 N–H and O–H groups in total. The number of hydrogen-bond acceptors (Lipinski definition) is 4. The van der Waals surface area contributed by atoms with Gasteiger partial charge in [-0.15, -0.1) is 0 Å². The Morgan fingerprint density at radius 1 is 1.25 bits per heavy atom. The van der Waals surface area contributed by atoms with Gasteiger partial charge in [0, 0.05) is 31.3 Å². The Hall–Kier alpha value is -2.24. The van der Waals surface area contributed by atoms with Crippen LogP contribution in [0.3, 0.4) is 0 Å². The molecular weight excluding hydrogens is 258 g/mol. The van der Waals surface area contributed by atoms with Crippen LogP contribution in [0.25, 0.3) is 0 Å². The van der Waals surface area contributed by atoms with Crippen molar-refractivity contribution in [3.8, 4) is 5.75 Å². The quantitative estimate of drug-likeness (QED) is 0.647. The minimum absolute atomic E-state index is 0.0742. The van der Waals surface area contributed by atoms with Gasteiger partial charge in [-0.05, 0) is 18.6 Å². The summed E-state index contributed by atoms with van der Waals surface area (Å²) in [4.78, 5) is 23.3. The summed E-state index contributed by atoms with van der Waals surface area (Å²) in [6.45, 7) is 2.91. The van der Waals surface area contributed by atoms with Crippen LogP contribution < -0.4 is 21.1 Å². The number of amides is 2. The lowest BCUT2D eigenvalue weighted by molar-refractivity contribution is -0.120. The molecule has 6 heteroatoms. The topological polar surface area (TPSA) is 93.5 Å². The minimum atomic E-state index is -0.298. The van der Waals surface area contributed by atoms with Crippen molar-refractivity contribution in [2.24, 2.45) is 0 Å². The van der Waals surface area contributed by atoms with Crippen molar-refractivity contribution >= 4 is 17.5 Å². The molecule has 0 saturated carbocycles. The lowest BCUT2D eigenvalue weighted by atomic mass is 10.1. The Labute approximate surface area is 118 Å². The number of nitrogen functional groups attached to an aromatic ring is 1. The van der Waals surface area contributed by atoms with Gasteiger partial charge in [-0.2, -0.15) is 0 Å². The predicted molar refractivity (Wildman–Crippen MR) is 77.7 cm³/mol. The molecule has 110 valence electrons. The van der Waals surface area contributed by atoms with Gasteiger partial charge >= 0.3 is 0 Å². The SMILES string of the molecule is CCCNC(=O)CCNC(=O)c1ccc(OC)cc1N. The number of anilines is 1. The fourth-order valence-corrected chi connectivity index (χ4v) is 1.61. The molecule has 1 aromatic rings. The Morgan fingerprint density at radius 3 is 2.60 bits per heavy atom. The zero-order valence-electron chi connectivity index (χ0n) is 11.9. The largest absolute Gasteiger partial charge is 0.497 e. The van der Waals surface area contributed by atoms with Crippen molar-refractivity contribution in [2.75, 3.05) is 25.9 Å². The number of nitrogens with two attached hydrogens (primary N) is 1. The lowest BCUT2D eigenvalue weighted by Gasteiger charge is -2.09. The van der Waals surface area contributed by atoms with Crippen molar-refractivity contribution < 1.29 is 14.3 Å². The number of benzene rings is 1. The monoisotopic (exact) mass is 279 g/mol. The van der Waals surface area contributed by atoms with E-state index in [0.29, 0.717) is 23.5 Å². The van der Waals surface area contributed by atoms with Crippen LogP contribution in [0.2, 0.25) is 0 Å². The predicted octanol–water partition coefficient (Wildman–Crippen LogP) is 0.923. The second kappa shape index (κ2) is 8.04. The second-order valence-corrected chi connectivity index (χ2v) is 4.31. The maximum absolute atomic E-state index is 11.9. The molecule has 0 saturated heterocycles. The molecule has 2 amide bonds. The molecule has 0 aliphatic carbocycles. The van der Waals surface area contributed by atoms with Gasteiger partial charge in [0.25, 0.3) is 5.91 Å². The van der Waals surface area contributed by atoms with Gasteiger partial charge in [-0.3, -0.25) is 9.59 Å². The van der Waals surface area contributed by atoms with Gasteiger partial charge in [0.05, 0.1) is 12.7 Å². The third-order valence-corrected chi connectivity index (χ3v) is 2.71. The molecule has 1 rings (SSSR count). The van der Waals surface area contributed by atoms with Crippen molar-refractivity contribution in [1.82, 2.24) is 10.6 Å². The molecule has 0 radical (unpaired) electrons. The van der Waals surface area contributed by atoms with E-state index in [2.05, 4.69) is 10.6 Å². The van der Waals surface area contributed by atoms with E-state index < -0.39 is 0 Å². The van der Waals surface area contributed by atoms with Crippen LogP contribution >= 0.6 is 0 Å². The molecule has 0 aromatic heterocycles. The lowest BCUT2D eigenvalue weighted by Crippen LogP contribution is -2.31. The van der Waals surface area contributed by atoms with Gasteiger partial charge < -0.3 is 21.1 Å². The average Bonchev–Trinajstić information content (AvgIpc) is 2.44. The number of nitrogens with one attached hydrogen (secondary N) is 2. The van der Waals surface area contributed by atoms with E-state index in [-0.39, 0.29) is 24.8 Å². The number of rotatable bonds is 7. The van der Waals surface area contributed by atoms with Crippen LogP contribution in [0.15, 0.2) is 18.2 Å². The van der Waals surface area contributed by atoms with Crippen molar-refractivity contribution in [1.29, 1.82) is 0 Å². The zero-order chi connectivity index (χ0) is 15.0. The standard InChI is InChI=1S/C14H21N3O3/c1-3-7-16-13(18)6-8-17-14(19)11-5-4-10(20-2)9-12(11)15/h4-5,9H,3,6-8,15H2,1-2H3,(H,16,18)(H,17,19). The first-order valence-electron chi connectivity index (χ1n) is 6.57. The Bertz CT molecular complexity index is 475. The molecule has 0 aliphatic heterocycles. The highest BCUT2D eigenvalue weighted by Gasteiger charge is 2.10. The van der Waals surface area contributed by atoms with Gasteiger partial charge in [0.1, 0.15) is 5.75 Å². The van der Waals surface area contributed by atoms with E-state index in [1.54, 1.807) is 18.2 Å². The fraction of sp³-hybridized carbons (Fsp3) is 0.429. The Kier molecular flexibility index (Phi) is 6.36. The molecule has 0 fully saturated rings. The summed E-state index contributed by atoms with van der Waals surface area (Å²) >= 11 is 0. The first kappa shape index (κ1) is 15.8. The average molecular weight is 279 g/mol. The zero-order valence-corrected chi connectivity index (χ0v) is 11.9. The molecule has 0 spiro atoms. The van der Waals surface area contributed by atoms with E-state index in [1.807, 2.05) is 6.92 Å². The number of methoxy groups -OCH3 is 1. The van der Waals surface area contributed by atoms with Crippen LogP contribution in [-0.2, 0) is 4.79 Å². The first-order chi connectivity index (χ1) is 9.58. The van der Waals surface area contributed by atoms with Crippen LogP contribution in [0.4, 0.5) is 5.69 Å². The molecule has 0 bridgehead atoms. The Morgan fingerprint density at radius 2 is 2.00 bits per heavy atom. The molecule has 6 nitrogen and oxygen atoms in total. The molecule has 0 atom stereocenters. The highest BCUT2D eigenvalue weighted by Crippen LogP contribution is 2.19. The molecule has 20 heavy (non-hydrogen) atoms. The summed E-state index contributed by atoms with van der Waals surface area (Å²) in [7, 11) is 1.53. The first-order valence-corrected chi connectivity index (χ1v) is 6.57. The number of hydrogen-bond donors (Lipinski definition) is 3. The van der Waals surface area contributed by atoms with Gasteiger partial charge in [0.15, 0.2) is 0 Å². The summed E-state index contributed by atoms with van der Waals surface area (Å²) in [5.74, 6) is 0.223. The van der Waals surface area contributed by atoms with Crippen molar-refractivity contribution in [3.05, 3.63) is 23.8 Å². The minimum Gasteiger partial charge on any atom is -0.497 e. The maximum Gasteiger partial charge on any atom is 0.253 e. The van der Waals surface area contributed by atoms with E-state index >= 15 is 0 Å². The van der Waals surface area contributed by atoms with Crippen molar-refractivity contribution in [3.63, 3.8) is 0 Å². The van der Waals surface area contributed by atoms with Crippen LogP contribution in [0, 0.1) is 0 Å². The number of carbonyl (C=O) groups excluding carboxylic acids is 2. The van der Waals surface area contributed by atoms with Gasteiger partial charge in [-0.1, -0.05) is 6.92 Å². The van der Waals surface area contributed by atoms with Crippen LogP contribution in [0.1, 0.15) is 30.1 Å². The second-order valence-electron chi connectivity index (χ2n) is 4.31. The normalized spacial score (nSPS) is 9.90. The third kappa shape index (κ3) is 4.79. The highest BCUT2D eigenvalue weighted by atomic mass is 16.5. The molecule has 1 aromatic carbocycles. The molecular formula is C14H21N3O3. The smallest absolute Gasteiger partial charge is 0.253 e. The summed E-state index contributed by atoms with van der Waals surface area (Å²) in [6.07, 6.45) is 1.14.